The van der Waals surface area contributed by atoms with E-state index in [2.05, 4.69) is 14.8 Å². The third-order valence-corrected chi connectivity index (χ3v) is 1.85. The summed E-state index contributed by atoms with van der Waals surface area (Å²) in [5, 5.41) is 1.09. The summed E-state index contributed by atoms with van der Waals surface area (Å²) in [5.74, 6) is 0.435. The molecule has 2 heterocycles. The van der Waals surface area contributed by atoms with E-state index in [-0.39, 0.29) is 0 Å². The normalized spacial score (nSPS) is 10.0. The third kappa shape index (κ3) is 0.857. The Hall–Kier alpha value is -1.82. The Kier molecular flexibility index (Phi) is 1.34. The minimum atomic E-state index is 0.435. The van der Waals surface area contributed by atoms with Gasteiger partial charge >= 0.3 is 0 Å². The van der Waals surface area contributed by atoms with E-state index in [4.69, 9.17) is 6.57 Å². The number of nitrogens with one attached hydrogen (secondary N) is 1. The first-order valence-electron chi connectivity index (χ1n) is 3.63. The molecule has 0 aromatic carbocycles. The van der Waals surface area contributed by atoms with Crippen molar-refractivity contribution in [2.75, 3.05) is 0 Å². The van der Waals surface area contributed by atoms with Gasteiger partial charge in [-0.25, -0.2) is 0 Å². The maximum absolute atomic E-state index is 6.77. The summed E-state index contributed by atoms with van der Waals surface area (Å²) in [5.41, 5.74) is 1.95. The van der Waals surface area contributed by atoms with Gasteiger partial charge in [0.05, 0.1) is 0 Å². The van der Waals surface area contributed by atoms with Crippen molar-refractivity contribution in [1.29, 1.82) is 0 Å². The van der Waals surface area contributed by atoms with Crippen molar-refractivity contribution in [3.8, 4) is 0 Å². The number of pyridine rings is 1. The van der Waals surface area contributed by atoms with Gasteiger partial charge in [-0.1, -0.05) is 12.6 Å². The Morgan fingerprint density at radius 1 is 1.50 bits per heavy atom. The number of aromatic nitrogens is 2. The highest BCUT2D eigenvalue weighted by Gasteiger charge is 2.03. The van der Waals surface area contributed by atoms with E-state index in [1.165, 1.54) is 0 Å². The Morgan fingerprint density at radius 2 is 2.33 bits per heavy atom. The molecule has 0 aliphatic rings. The molecule has 0 bridgehead atoms. The van der Waals surface area contributed by atoms with Crippen LogP contribution in [0.4, 0.5) is 5.82 Å². The Bertz CT molecular complexity index is 462. The van der Waals surface area contributed by atoms with Gasteiger partial charge in [-0.3, -0.25) is 0 Å². The monoisotopic (exact) mass is 157 g/mol. The Balaban J connectivity index is 2.80. The molecular formula is C9H7N3. The maximum Gasteiger partial charge on any atom is 0.271 e. The molecule has 0 spiro atoms. The van der Waals surface area contributed by atoms with Crippen molar-refractivity contribution in [1.82, 2.24) is 9.97 Å². The average Bonchev–Trinajstić information content (AvgIpc) is 2.47. The lowest BCUT2D eigenvalue weighted by atomic mass is 10.2. The van der Waals surface area contributed by atoms with Crippen molar-refractivity contribution in [2.24, 2.45) is 0 Å². The molecule has 0 unspecified atom stereocenters. The standard InChI is InChI=1S/C9H7N3/c1-6-5-11-9-7(6)3-4-8(10-2)12-9/h3-5H,1H3,(H,11,12). The fraction of sp³-hybridized carbons (Fsp3) is 0.111. The minimum absolute atomic E-state index is 0.435. The zero-order chi connectivity index (χ0) is 8.55. The van der Waals surface area contributed by atoms with Crippen LogP contribution in [0.25, 0.3) is 15.9 Å². The smallest absolute Gasteiger partial charge is 0.271 e. The van der Waals surface area contributed by atoms with Gasteiger partial charge < -0.3 is 9.83 Å². The molecule has 3 nitrogen and oxygen atoms in total. The van der Waals surface area contributed by atoms with Gasteiger partial charge in [-0.05, 0) is 18.6 Å². The van der Waals surface area contributed by atoms with Crippen molar-refractivity contribution in [2.45, 2.75) is 6.92 Å². The number of H-pyrrole nitrogens is 1. The van der Waals surface area contributed by atoms with Crippen molar-refractivity contribution in [3.63, 3.8) is 0 Å². The molecule has 0 radical (unpaired) electrons. The molecule has 1 N–H and O–H groups in total. The summed E-state index contributed by atoms with van der Waals surface area (Å²) < 4.78 is 0. The number of fused-ring (bicyclic) bond motifs is 1. The maximum atomic E-state index is 6.77. The first kappa shape index (κ1) is 6.86. The molecule has 3 heteroatoms. The van der Waals surface area contributed by atoms with Crippen LogP contribution >= 0.6 is 0 Å². The molecular weight excluding hydrogens is 150 g/mol. The lowest BCUT2D eigenvalue weighted by molar-refractivity contribution is 1.34. The molecule has 0 aliphatic heterocycles. The second-order valence-electron chi connectivity index (χ2n) is 2.65. The van der Waals surface area contributed by atoms with E-state index >= 15 is 0 Å². The highest BCUT2D eigenvalue weighted by molar-refractivity contribution is 5.80. The van der Waals surface area contributed by atoms with E-state index in [9.17, 15) is 0 Å². The largest absolute Gasteiger partial charge is 0.361 e. The quantitative estimate of drug-likeness (QED) is 0.585. The zero-order valence-electron chi connectivity index (χ0n) is 6.63. The predicted molar refractivity (Wildman–Crippen MR) is 47.1 cm³/mol. The molecule has 0 atom stereocenters. The Morgan fingerprint density at radius 3 is 3.08 bits per heavy atom. The van der Waals surface area contributed by atoms with Gasteiger partial charge in [0.15, 0.2) is 0 Å². The van der Waals surface area contributed by atoms with Gasteiger partial charge in [-0.2, -0.15) is 0 Å². The fourth-order valence-electron chi connectivity index (χ4n) is 1.19. The lowest BCUT2D eigenvalue weighted by Crippen LogP contribution is -1.74. The van der Waals surface area contributed by atoms with Gasteiger partial charge in [-0.15, -0.1) is 4.98 Å². The van der Waals surface area contributed by atoms with Gasteiger partial charge in [0.1, 0.15) is 0 Å². The molecule has 0 fully saturated rings. The molecule has 12 heavy (non-hydrogen) atoms. The van der Waals surface area contributed by atoms with Crippen LogP contribution in [0.3, 0.4) is 0 Å². The zero-order valence-corrected chi connectivity index (χ0v) is 6.63. The van der Waals surface area contributed by atoms with Crippen molar-refractivity contribution in [3.05, 3.63) is 35.3 Å². The average molecular weight is 157 g/mol. The highest BCUT2D eigenvalue weighted by atomic mass is 14.9. The van der Waals surface area contributed by atoms with E-state index in [0.29, 0.717) is 5.82 Å². The highest BCUT2D eigenvalue weighted by Crippen LogP contribution is 2.18. The molecule has 0 aliphatic carbocycles. The van der Waals surface area contributed by atoms with Crippen LogP contribution in [0.1, 0.15) is 5.56 Å². The fourth-order valence-corrected chi connectivity index (χ4v) is 1.19. The second kappa shape index (κ2) is 2.35. The van der Waals surface area contributed by atoms with Gasteiger partial charge in [0.2, 0.25) is 5.65 Å². The van der Waals surface area contributed by atoms with Crippen LogP contribution in [-0.2, 0) is 0 Å². The van der Waals surface area contributed by atoms with Crippen LogP contribution in [-0.4, -0.2) is 9.97 Å². The second-order valence-corrected chi connectivity index (χ2v) is 2.65. The number of hydrogen-bond acceptors (Lipinski definition) is 1. The Labute approximate surface area is 69.9 Å². The number of aromatic amines is 1. The summed E-state index contributed by atoms with van der Waals surface area (Å²) in [4.78, 5) is 10.4. The van der Waals surface area contributed by atoms with Crippen LogP contribution in [0.5, 0.6) is 0 Å². The minimum Gasteiger partial charge on any atom is -0.361 e. The summed E-state index contributed by atoms with van der Waals surface area (Å²) in [6.07, 6.45) is 1.89. The van der Waals surface area contributed by atoms with Crippen LogP contribution in [0, 0.1) is 13.5 Å². The third-order valence-electron chi connectivity index (χ3n) is 1.85. The number of aryl methyl sites for hydroxylation is 1. The van der Waals surface area contributed by atoms with Crippen molar-refractivity contribution >= 4 is 16.9 Å². The first-order chi connectivity index (χ1) is 5.81. The van der Waals surface area contributed by atoms with Crippen LogP contribution in [0.2, 0.25) is 0 Å². The van der Waals surface area contributed by atoms with Crippen LogP contribution < -0.4 is 0 Å². The molecule has 2 rings (SSSR count). The van der Waals surface area contributed by atoms with Gasteiger partial charge in [0.25, 0.3) is 5.82 Å². The molecule has 0 saturated carbocycles. The molecule has 0 amide bonds. The van der Waals surface area contributed by atoms with E-state index in [1.54, 1.807) is 6.07 Å². The summed E-state index contributed by atoms with van der Waals surface area (Å²) in [6.45, 7) is 8.79. The summed E-state index contributed by atoms with van der Waals surface area (Å²) >= 11 is 0. The molecule has 58 valence electrons. The van der Waals surface area contributed by atoms with Gasteiger partial charge in [0, 0.05) is 11.6 Å². The molecule has 2 aromatic rings. The molecule has 0 saturated heterocycles. The van der Waals surface area contributed by atoms with Crippen molar-refractivity contribution < 1.29 is 0 Å². The SMILES string of the molecule is [C-]#[N+]c1ccc2c(C)c[nH]c2n1. The predicted octanol–water partition coefficient (Wildman–Crippen LogP) is 2.42. The number of nitrogens with zero attached hydrogens (tertiary/aromatic N) is 2. The summed E-state index contributed by atoms with van der Waals surface area (Å²) in [7, 11) is 0. The van der Waals surface area contributed by atoms with Crippen LogP contribution in [0.15, 0.2) is 18.3 Å². The van der Waals surface area contributed by atoms with E-state index < -0.39 is 0 Å². The van der Waals surface area contributed by atoms with E-state index in [0.717, 1.165) is 16.6 Å². The summed E-state index contributed by atoms with van der Waals surface area (Å²) in [6, 6.07) is 3.65. The van der Waals surface area contributed by atoms with E-state index in [1.807, 2.05) is 19.2 Å². The lowest BCUT2D eigenvalue weighted by Gasteiger charge is -1.87. The molecule has 2 aromatic heterocycles. The topological polar surface area (TPSA) is 33.0 Å². The first-order valence-corrected chi connectivity index (χ1v) is 3.63. The number of hydrogen-bond donors (Lipinski definition) is 1. The number of rotatable bonds is 0.